The van der Waals surface area contributed by atoms with E-state index in [-0.39, 0.29) is 219 Å². The number of aliphatic hydroxyl groups is 2. The second kappa shape index (κ2) is 56.3. The SMILES string of the molecule is CCC(=O)NC(CC(=O)N(CCCP(=O)(O)O)CCOCCOCCNC(=O)CN(C)CCN1CCCCC1)C(=O)N(CCOCCOCCOCCNC(=O)CCN1CCC(C(=O)NO)(S(=O)(=O)c2ccc(Oc3ccc(Cl)cc3)cc2)CC1)CCOCCOCCOCC(=O)NC(CO)C(=O)NC(C)C(=O)NC1CCCN(C(=N)N)C1O. The van der Waals surface area contributed by atoms with Gasteiger partial charge in [0, 0.05) is 96.4 Å². The fourth-order valence-corrected chi connectivity index (χ4v) is 15.5. The molecule has 119 heavy (non-hydrogen) atoms. The van der Waals surface area contributed by atoms with E-state index in [0.717, 1.165) is 26.2 Å². The number of ether oxygens (including phenoxy) is 9. The van der Waals surface area contributed by atoms with Crippen LogP contribution in [0.5, 0.6) is 11.5 Å². The van der Waals surface area contributed by atoms with Gasteiger partial charge in [0.05, 0.1) is 136 Å². The third-order valence-electron chi connectivity index (χ3n) is 19.6. The van der Waals surface area contributed by atoms with Crippen LogP contribution >= 0.6 is 19.2 Å². The molecule has 0 aliphatic carbocycles. The number of nitrogens with one attached hydrogen (secondary N) is 8. The van der Waals surface area contributed by atoms with Gasteiger partial charge in [-0.05, 0) is 121 Å². The van der Waals surface area contributed by atoms with E-state index in [4.69, 9.17) is 65.4 Å². The van der Waals surface area contributed by atoms with Gasteiger partial charge in [-0.25, -0.2) is 13.9 Å². The molecule has 674 valence electrons. The van der Waals surface area contributed by atoms with Crippen molar-refractivity contribution in [2.75, 3.05) is 224 Å². The summed E-state index contributed by atoms with van der Waals surface area (Å²) >= 11 is 5.96. The Balaban J connectivity index is 1.05. The molecule has 44 heteroatoms. The van der Waals surface area contributed by atoms with E-state index in [1.807, 2.05) is 16.8 Å². The normalized spacial score (nSPS) is 16.6. The smallest absolute Gasteiger partial charge is 0.325 e. The number of benzene rings is 2. The van der Waals surface area contributed by atoms with Crippen LogP contribution < -0.4 is 47.9 Å². The van der Waals surface area contributed by atoms with E-state index in [1.54, 1.807) is 36.7 Å². The first-order valence-corrected chi connectivity index (χ1v) is 43.9. The number of carbonyl (C=O) groups excluding carboxylic acids is 9. The highest BCUT2D eigenvalue weighted by atomic mass is 35.5. The number of piperidine rings is 3. The lowest BCUT2D eigenvalue weighted by Gasteiger charge is -2.39. The quantitative estimate of drug-likeness (QED) is 0.00827. The van der Waals surface area contributed by atoms with Gasteiger partial charge in [-0.15, -0.1) is 0 Å². The maximum Gasteiger partial charge on any atom is 0.325 e. The highest BCUT2D eigenvalue weighted by Crippen LogP contribution is 2.38. The van der Waals surface area contributed by atoms with Crippen LogP contribution in [0, 0.1) is 5.41 Å². The number of guanidine groups is 1. The van der Waals surface area contributed by atoms with Gasteiger partial charge < -0.3 is 125 Å². The third kappa shape index (κ3) is 39.1. The number of likely N-dealkylation sites (N-methyl/N-ethyl adjacent to an activating group) is 1. The molecular formula is C75H125ClN15O26PS. The molecule has 5 rings (SSSR count). The number of carbonyl (C=O) groups is 9. The number of aliphatic hydroxyl groups excluding tert-OH is 2. The van der Waals surface area contributed by atoms with Gasteiger partial charge in [0.15, 0.2) is 20.5 Å². The summed E-state index contributed by atoms with van der Waals surface area (Å²) < 4.78 is 89.1. The second-order valence-corrected chi connectivity index (χ2v) is 33.1. The van der Waals surface area contributed by atoms with Crippen LogP contribution in [0.1, 0.15) is 84.5 Å². The van der Waals surface area contributed by atoms with Crippen LogP contribution in [0.4, 0.5) is 0 Å². The molecular weight excluding hydrogens is 1630 g/mol. The Morgan fingerprint density at radius 1 is 0.639 bits per heavy atom. The number of amides is 9. The molecule has 2 aromatic rings. The zero-order valence-corrected chi connectivity index (χ0v) is 70.9. The number of halogens is 1. The van der Waals surface area contributed by atoms with Crippen molar-refractivity contribution in [3.63, 3.8) is 0 Å². The predicted octanol–water partition coefficient (Wildman–Crippen LogP) is -2.30. The Labute approximate surface area is 700 Å². The molecule has 0 radical (unpaired) electrons. The molecule has 0 spiro atoms. The van der Waals surface area contributed by atoms with E-state index in [9.17, 15) is 81.3 Å². The number of nitrogens with two attached hydrogens (primary N) is 1. The monoisotopic (exact) mass is 1750 g/mol. The van der Waals surface area contributed by atoms with Crippen molar-refractivity contribution >= 4 is 88.2 Å². The lowest BCUT2D eigenvalue weighted by molar-refractivity contribution is -0.142. The molecule has 15 N–H and O–H groups in total. The second-order valence-electron chi connectivity index (χ2n) is 28.6. The molecule has 2 aromatic carbocycles. The summed E-state index contributed by atoms with van der Waals surface area (Å²) in [5, 5.41) is 53.9. The number of nitrogens with zero attached hydrogens (tertiary/aromatic N) is 6. The zero-order valence-electron chi connectivity index (χ0n) is 68.4. The lowest BCUT2D eigenvalue weighted by Crippen LogP contribution is -2.61. The summed E-state index contributed by atoms with van der Waals surface area (Å²) in [6, 6.07) is 7.40. The molecule has 3 fully saturated rings. The van der Waals surface area contributed by atoms with E-state index in [0.29, 0.717) is 35.9 Å². The molecule has 41 nitrogen and oxygen atoms in total. The summed E-state index contributed by atoms with van der Waals surface area (Å²) in [5.41, 5.74) is 7.08. The van der Waals surface area contributed by atoms with Gasteiger partial charge in [-0.3, -0.25) is 63.2 Å². The number of likely N-dealkylation sites (tertiary alicyclic amines) is 3. The molecule has 3 aliphatic heterocycles. The Bertz CT molecular complexity index is 3570. The van der Waals surface area contributed by atoms with Crippen LogP contribution in [0.15, 0.2) is 53.4 Å². The van der Waals surface area contributed by atoms with Crippen LogP contribution in [-0.2, 0) is 95.4 Å². The van der Waals surface area contributed by atoms with E-state index in [1.165, 1.54) is 65.2 Å². The lowest BCUT2D eigenvalue weighted by atomic mass is 9.94. The summed E-state index contributed by atoms with van der Waals surface area (Å²) in [4.78, 5) is 148. The van der Waals surface area contributed by atoms with Crippen LogP contribution in [0.2, 0.25) is 5.02 Å². The first-order chi connectivity index (χ1) is 57.0. The fourth-order valence-electron chi connectivity index (χ4n) is 12.8. The predicted molar refractivity (Wildman–Crippen MR) is 432 cm³/mol. The van der Waals surface area contributed by atoms with Crippen molar-refractivity contribution in [3.8, 4) is 11.5 Å². The van der Waals surface area contributed by atoms with Gasteiger partial charge in [-0.1, -0.05) is 24.9 Å². The van der Waals surface area contributed by atoms with Gasteiger partial charge >= 0.3 is 7.60 Å². The minimum Gasteiger partial charge on any atom is -0.457 e. The van der Waals surface area contributed by atoms with Crippen LogP contribution in [0.3, 0.4) is 0 Å². The number of rotatable bonds is 60. The highest BCUT2D eigenvalue weighted by molar-refractivity contribution is 7.93. The molecule has 0 aromatic heterocycles. The Morgan fingerprint density at radius 3 is 1.71 bits per heavy atom. The van der Waals surface area contributed by atoms with Gasteiger partial charge in [0.2, 0.25) is 47.3 Å². The average molecular weight is 1750 g/mol. The van der Waals surface area contributed by atoms with Crippen LogP contribution in [-0.4, -0.2) is 381 Å². The summed E-state index contributed by atoms with van der Waals surface area (Å²) in [7, 11) is -6.90. The third-order valence-corrected chi connectivity index (χ3v) is 23.3. The Morgan fingerprint density at radius 2 is 1.16 bits per heavy atom. The molecule has 3 aliphatic rings. The first-order valence-electron chi connectivity index (χ1n) is 40.2. The minimum absolute atomic E-state index is 0.0111. The highest BCUT2D eigenvalue weighted by Gasteiger charge is 2.53. The number of hydroxylamine groups is 1. The van der Waals surface area contributed by atoms with Crippen molar-refractivity contribution in [1.82, 2.24) is 66.8 Å². The Hall–Kier alpha value is -7.43. The molecule has 3 saturated heterocycles. The minimum atomic E-state index is -4.48. The fraction of sp³-hybridized carbons (Fsp3) is 0.707. The maximum absolute atomic E-state index is 14.6. The number of hydrogen-bond donors (Lipinski definition) is 14. The van der Waals surface area contributed by atoms with E-state index in [2.05, 4.69) is 36.8 Å². The topological polar surface area (TPSA) is 543 Å². The number of sulfone groups is 1. The molecule has 9 amide bonds. The summed E-state index contributed by atoms with van der Waals surface area (Å²) in [6.45, 7) is 7.64. The van der Waals surface area contributed by atoms with Gasteiger partial charge in [-0.2, -0.15) is 0 Å². The van der Waals surface area contributed by atoms with Crippen molar-refractivity contribution in [2.45, 2.75) is 125 Å². The molecule has 3 heterocycles. The van der Waals surface area contributed by atoms with Crippen molar-refractivity contribution in [3.05, 3.63) is 53.6 Å². The Kier molecular flexibility index (Phi) is 48.3. The van der Waals surface area contributed by atoms with Gasteiger partial charge in [0.1, 0.15) is 42.5 Å². The van der Waals surface area contributed by atoms with Crippen LogP contribution in [0.25, 0.3) is 0 Å². The summed E-state index contributed by atoms with van der Waals surface area (Å²) in [6.07, 6.45) is 1.84. The first kappa shape index (κ1) is 102. The zero-order chi connectivity index (χ0) is 87.0. The molecule has 0 bridgehead atoms. The summed E-state index contributed by atoms with van der Waals surface area (Å²) in [5.74, 6) is -5.15. The van der Waals surface area contributed by atoms with Gasteiger partial charge in [0.25, 0.3) is 5.91 Å². The van der Waals surface area contributed by atoms with Crippen molar-refractivity contribution < 1.29 is 124 Å². The number of hydrogen-bond acceptors (Lipinski definition) is 28. The molecule has 0 saturated carbocycles. The average Bonchev–Trinajstić information content (AvgIpc) is 0.743. The van der Waals surface area contributed by atoms with Crippen molar-refractivity contribution in [2.24, 2.45) is 5.73 Å². The maximum atomic E-state index is 14.6. The molecule has 5 atom stereocenters. The largest absolute Gasteiger partial charge is 0.457 e. The van der Waals surface area contributed by atoms with E-state index < -0.39 is 120 Å². The van der Waals surface area contributed by atoms with E-state index >= 15 is 0 Å². The molecule has 5 unspecified atom stereocenters. The van der Waals surface area contributed by atoms with Crippen molar-refractivity contribution in [1.29, 1.82) is 5.41 Å². The standard InChI is InChI=1S/C75H125ClN15O26PS/c1-4-64(93)82-62(52-68(97)89(26-9-51-118(104,105)106)33-38-111-43-41-110-37-23-80-66(95)53-86(3)31-32-87-24-6-5-7-25-87)71(100)90(35-40-113-45-48-115-49-50-116-55-67(96)83-63(54-92)70(99)81-56(2)69(98)84-61-10-8-27-91(72(61)101)74(77)78)34-39-112-44-47-114-46-42-109-36-22-79-65(94)19-28-88-29-20-75(21-30-88,73(102)85-103)119(107,108)60-17-15-59(16-18-60)117-58-13-11-57(76)12-14-58/h11-18,56,61-63,72,92,101,103H,4-10,19-55H2,1-3H3,(H3,77,78)(H,79,94)(H,80,95)(H,81,99)(H,82,93)(H,83,96)(H,84,98)(H,85,102)(H2,104,105,106).